The van der Waals surface area contributed by atoms with E-state index in [1.807, 2.05) is 18.5 Å². The van der Waals surface area contributed by atoms with Crippen molar-refractivity contribution in [2.45, 2.75) is 6.54 Å². The summed E-state index contributed by atoms with van der Waals surface area (Å²) in [6.07, 6.45) is 4.90. The molecular weight excluding hydrogens is 202 g/mol. The van der Waals surface area contributed by atoms with Gasteiger partial charge in [-0.1, -0.05) is 0 Å². The molecule has 1 aromatic heterocycles. The average Bonchev–Trinajstić information content (AvgIpc) is 2.54. The van der Waals surface area contributed by atoms with Gasteiger partial charge in [0.05, 0.1) is 6.26 Å². The van der Waals surface area contributed by atoms with Crippen molar-refractivity contribution < 1.29 is 8.42 Å². The van der Waals surface area contributed by atoms with Crippen molar-refractivity contribution in [2.75, 3.05) is 19.3 Å². The zero-order valence-electron chi connectivity index (χ0n) is 8.08. The maximum atomic E-state index is 10.7. The molecule has 0 amide bonds. The number of hydrogen-bond donors (Lipinski definition) is 3. The topological polar surface area (TPSA) is 74.0 Å². The molecule has 3 N–H and O–H groups in total. The fourth-order valence-electron chi connectivity index (χ4n) is 1.03. The third-order valence-electron chi connectivity index (χ3n) is 1.66. The maximum absolute atomic E-state index is 10.7. The quantitative estimate of drug-likeness (QED) is 0.570. The Labute approximate surface area is 84.0 Å². The Morgan fingerprint density at radius 2 is 2.21 bits per heavy atom. The van der Waals surface area contributed by atoms with Gasteiger partial charge in [0, 0.05) is 32.0 Å². The smallest absolute Gasteiger partial charge is 0.208 e. The molecular formula is C8H15N3O2S. The first kappa shape index (κ1) is 11.2. The number of aromatic amines is 1. The molecule has 0 bridgehead atoms. The van der Waals surface area contributed by atoms with Gasteiger partial charge in [-0.15, -0.1) is 0 Å². The molecule has 0 atom stereocenters. The molecule has 1 rings (SSSR count). The summed E-state index contributed by atoms with van der Waals surface area (Å²) in [5, 5.41) is 3.11. The van der Waals surface area contributed by atoms with E-state index in [9.17, 15) is 8.42 Å². The van der Waals surface area contributed by atoms with Gasteiger partial charge in [-0.3, -0.25) is 0 Å². The lowest BCUT2D eigenvalue weighted by Crippen LogP contribution is -2.30. The molecule has 1 aromatic rings. The van der Waals surface area contributed by atoms with Crippen molar-refractivity contribution in [1.29, 1.82) is 0 Å². The van der Waals surface area contributed by atoms with Gasteiger partial charge in [-0.2, -0.15) is 0 Å². The van der Waals surface area contributed by atoms with Crippen molar-refractivity contribution in [1.82, 2.24) is 15.0 Å². The van der Waals surface area contributed by atoms with E-state index in [2.05, 4.69) is 15.0 Å². The van der Waals surface area contributed by atoms with Crippen LogP contribution in [0.2, 0.25) is 0 Å². The molecule has 1 heterocycles. The van der Waals surface area contributed by atoms with E-state index in [1.54, 1.807) is 0 Å². The molecule has 5 nitrogen and oxygen atoms in total. The summed E-state index contributed by atoms with van der Waals surface area (Å²) < 4.78 is 23.8. The van der Waals surface area contributed by atoms with Gasteiger partial charge in [-0.05, 0) is 11.6 Å². The lowest BCUT2D eigenvalue weighted by molar-refractivity contribution is 0.582. The molecule has 80 valence electrons. The van der Waals surface area contributed by atoms with Crippen LogP contribution in [0.5, 0.6) is 0 Å². The lowest BCUT2D eigenvalue weighted by atomic mass is 10.3. The molecule has 0 spiro atoms. The molecule has 0 saturated carbocycles. The second-order valence-electron chi connectivity index (χ2n) is 3.06. The fourth-order valence-corrected chi connectivity index (χ4v) is 1.50. The first-order valence-electron chi connectivity index (χ1n) is 4.35. The zero-order chi connectivity index (χ0) is 10.4. The number of H-pyrrole nitrogens is 1. The minimum absolute atomic E-state index is 0.420. The van der Waals surface area contributed by atoms with Gasteiger partial charge >= 0.3 is 0 Å². The molecule has 0 aliphatic heterocycles. The van der Waals surface area contributed by atoms with Crippen LogP contribution < -0.4 is 10.0 Å². The van der Waals surface area contributed by atoms with Crippen LogP contribution in [0.3, 0.4) is 0 Å². The highest BCUT2D eigenvalue weighted by Gasteiger charge is 1.98. The second-order valence-corrected chi connectivity index (χ2v) is 4.90. The van der Waals surface area contributed by atoms with Crippen molar-refractivity contribution in [2.24, 2.45) is 0 Å². The average molecular weight is 217 g/mol. The predicted octanol–water partition coefficient (Wildman–Crippen LogP) is -0.346. The molecule has 0 aromatic carbocycles. The Bertz CT molecular complexity index is 345. The van der Waals surface area contributed by atoms with E-state index in [-0.39, 0.29) is 0 Å². The van der Waals surface area contributed by atoms with Crippen LogP contribution in [-0.2, 0) is 16.6 Å². The maximum Gasteiger partial charge on any atom is 0.208 e. The van der Waals surface area contributed by atoms with E-state index in [4.69, 9.17) is 0 Å². The van der Waals surface area contributed by atoms with Gasteiger partial charge in [-0.25, -0.2) is 13.1 Å². The summed E-state index contributed by atoms with van der Waals surface area (Å²) in [6, 6.07) is 1.97. The summed E-state index contributed by atoms with van der Waals surface area (Å²) in [7, 11) is -3.05. The Morgan fingerprint density at radius 1 is 1.43 bits per heavy atom. The van der Waals surface area contributed by atoms with Crippen LogP contribution in [-0.4, -0.2) is 32.7 Å². The summed E-state index contributed by atoms with van der Waals surface area (Å²) in [5.41, 5.74) is 1.16. The van der Waals surface area contributed by atoms with Crippen LogP contribution in [0, 0.1) is 0 Å². The van der Waals surface area contributed by atoms with Crippen LogP contribution in [0.15, 0.2) is 18.5 Å². The van der Waals surface area contributed by atoms with Gasteiger partial charge < -0.3 is 10.3 Å². The summed E-state index contributed by atoms with van der Waals surface area (Å²) in [4.78, 5) is 2.94. The molecule has 0 fully saturated rings. The van der Waals surface area contributed by atoms with Crippen LogP contribution in [0.25, 0.3) is 0 Å². The minimum Gasteiger partial charge on any atom is -0.367 e. The summed E-state index contributed by atoms with van der Waals surface area (Å²) in [5.74, 6) is 0. The molecule has 0 saturated heterocycles. The van der Waals surface area contributed by atoms with E-state index < -0.39 is 10.0 Å². The van der Waals surface area contributed by atoms with E-state index >= 15 is 0 Å². The molecule has 6 heteroatoms. The highest BCUT2D eigenvalue weighted by Crippen LogP contribution is 1.93. The van der Waals surface area contributed by atoms with E-state index in [1.165, 1.54) is 0 Å². The zero-order valence-corrected chi connectivity index (χ0v) is 8.89. The van der Waals surface area contributed by atoms with Gasteiger partial charge in [0.2, 0.25) is 10.0 Å². The SMILES string of the molecule is CS(=O)(=O)NCCNCc1cc[nH]c1. The van der Waals surface area contributed by atoms with Crippen molar-refractivity contribution in [3.63, 3.8) is 0 Å². The Kier molecular flexibility index (Phi) is 4.12. The number of hydrogen-bond acceptors (Lipinski definition) is 3. The highest BCUT2D eigenvalue weighted by molar-refractivity contribution is 7.88. The first-order chi connectivity index (χ1) is 6.58. The van der Waals surface area contributed by atoms with Crippen molar-refractivity contribution in [3.05, 3.63) is 24.0 Å². The summed E-state index contributed by atoms with van der Waals surface area (Å²) >= 11 is 0. The van der Waals surface area contributed by atoms with Gasteiger partial charge in [0.25, 0.3) is 0 Å². The number of rotatable bonds is 6. The van der Waals surface area contributed by atoms with Gasteiger partial charge in [0.15, 0.2) is 0 Å². The monoisotopic (exact) mass is 217 g/mol. The third-order valence-corrected chi connectivity index (χ3v) is 2.39. The number of aromatic nitrogens is 1. The number of sulfonamides is 1. The number of nitrogens with one attached hydrogen (secondary N) is 3. The van der Waals surface area contributed by atoms with E-state index in [0.717, 1.165) is 18.4 Å². The largest absolute Gasteiger partial charge is 0.367 e. The van der Waals surface area contributed by atoms with Crippen LogP contribution in [0.4, 0.5) is 0 Å². The normalized spacial score (nSPS) is 11.8. The fraction of sp³-hybridized carbons (Fsp3) is 0.500. The van der Waals surface area contributed by atoms with Crippen molar-refractivity contribution in [3.8, 4) is 0 Å². The Hall–Kier alpha value is -0.850. The molecule has 0 radical (unpaired) electrons. The molecule has 0 aliphatic rings. The van der Waals surface area contributed by atoms with Crippen LogP contribution >= 0.6 is 0 Å². The standard InChI is InChI=1S/C8H15N3O2S/c1-14(12,13)11-5-4-10-7-8-2-3-9-6-8/h2-3,6,9-11H,4-5,7H2,1H3. The first-order valence-corrected chi connectivity index (χ1v) is 6.24. The molecule has 0 aliphatic carbocycles. The van der Waals surface area contributed by atoms with Crippen LogP contribution in [0.1, 0.15) is 5.56 Å². The molecule has 0 unspecified atom stereocenters. The Balaban J connectivity index is 2.06. The predicted molar refractivity (Wildman–Crippen MR) is 55.3 cm³/mol. The van der Waals surface area contributed by atoms with E-state index in [0.29, 0.717) is 13.1 Å². The highest BCUT2D eigenvalue weighted by atomic mass is 32.2. The molecule has 14 heavy (non-hydrogen) atoms. The van der Waals surface area contributed by atoms with Crippen molar-refractivity contribution >= 4 is 10.0 Å². The minimum atomic E-state index is -3.05. The second kappa shape index (κ2) is 5.14. The lowest BCUT2D eigenvalue weighted by Gasteiger charge is -2.03. The van der Waals surface area contributed by atoms with Gasteiger partial charge in [0.1, 0.15) is 0 Å². The Morgan fingerprint density at radius 3 is 2.79 bits per heavy atom. The summed E-state index contributed by atoms with van der Waals surface area (Å²) in [6.45, 7) is 1.79. The third kappa shape index (κ3) is 5.00.